The van der Waals surface area contributed by atoms with Gasteiger partial charge in [-0.3, -0.25) is 0 Å². The fourth-order valence-corrected chi connectivity index (χ4v) is 4.76. The Bertz CT molecular complexity index is 1280. The molecule has 40 heavy (non-hydrogen) atoms. The van der Waals surface area contributed by atoms with Crippen LogP contribution in [0.4, 0.5) is 0 Å². The van der Waals surface area contributed by atoms with Crippen molar-refractivity contribution in [2.75, 3.05) is 6.61 Å². The van der Waals surface area contributed by atoms with E-state index in [0.717, 1.165) is 22.3 Å². The average molecular weight is 537 g/mol. The Balaban J connectivity index is 1.36. The molecule has 1 fully saturated rings. The first-order valence-corrected chi connectivity index (χ1v) is 13.7. The maximum atomic E-state index is 6.59. The van der Waals surface area contributed by atoms with Gasteiger partial charge in [-0.2, -0.15) is 0 Å². The molecule has 4 aromatic rings. The van der Waals surface area contributed by atoms with E-state index in [2.05, 4.69) is 6.58 Å². The number of hydrogen-bond acceptors (Lipinski definition) is 5. The molecule has 4 aromatic carbocycles. The maximum absolute atomic E-state index is 6.59. The largest absolute Gasteiger partial charge is 0.487 e. The summed E-state index contributed by atoms with van der Waals surface area (Å²) < 4.78 is 32.1. The standard InChI is InChI=1S/C35H36O5/c1-27-33(37-23-29-16-8-3-9-17-29)35(39-25-31-20-12-5-13-21-31)34(38-24-30-18-10-4-11-19-30)32(40-27)26-36-22-28-14-6-2-7-15-28/h2-21,32-35H,1,22-26H2/t32-,33-,34-,35-/m1/s1. The van der Waals surface area contributed by atoms with Crippen molar-refractivity contribution in [3.63, 3.8) is 0 Å². The highest BCUT2D eigenvalue weighted by molar-refractivity contribution is 5.17. The summed E-state index contributed by atoms with van der Waals surface area (Å²) in [4.78, 5) is 0. The first-order chi connectivity index (χ1) is 19.8. The summed E-state index contributed by atoms with van der Waals surface area (Å²) in [5, 5.41) is 0. The number of benzene rings is 4. The first kappa shape index (κ1) is 27.8. The van der Waals surface area contributed by atoms with Crippen molar-refractivity contribution in [3.05, 3.63) is 156 Å². The Kier molecular flexibility index (Phi) is 10.1. The monoisotopic (exact) mass is 536 g/mol. The molecule has 0 spiro atoms. The fourth-order valence-electron chi connectivity index (χ4n) is 4.76. The van der Waals surface area contributed by atoms with Crippen LogP contribution in [0.5, 0.6) is 0 Å². The highest BCUT2D eigenvalue weighted by Gasteiger charge is 2.46. The molecule has 1 aliphatic rings. The highest BCUT2D eigenvalue weighted by atomic mass is 16.6. The molecule has 1 heterocycles. The zero-order valence-electron chi connectivity index (χ0n) is 22.6. The van der Waals surface area contributed by atoms with Crippen LogP contribution in [-0.2, 0) is 50.1 Å². The van der Waals surface area contributed by atoms with Gasteiger partial charge >= 0.3 is 0 Å². The van der Waals surface area contributed by atoms with Gasteiger partial charge in [0.2, 0.25) is 0 Å². The summed E-state index contributed by atoms with van der Waals surface area (Å²) in [7, 11) is 0. The van der Waals surface area contributed by atoms with Crippen molar-refractivity contribution < 1.29 is 23.7 Å². The minimum atomic E-state index is -0.518. The van der Waals surface area contributed by atoms with Gasteiger partial charge in [-0.05, 0) is 22.3 Å². The summed E-state index contributed by atoms with van der Waals surface area (Å²) in [6.07, 6.45) is -1.85. The number of ether oxygens (including phenoxy) is 5. The van der Waals surface area contributed by atoms with Crippen LogP contribution in [0.3, 0.4) is 0 Å². The molecule has 1 aliphatic heterocycles. The van der Waals surface area contributed by atoms with Crippen LogP contribution >= 0.6 is 0 Å². The van der Waals surface area contributed by atoms with E-state index in [1.54, 1.807) is 0 Å². The van der Waals surface area contributed by atoms with E-state index in [4.69, 9.17) is 23.7 Å². The van der Waals surface area contributed by atoms with Crippen LogP contribution < -0.4 is 0 Å². The molecule has 0 amide bonds. The van der Waals surface area contributed by atoms with Crippen molar-refractivity contribution in [1.29, 1.82) is 0 Å². The lowest BCUT2D eigenvalue weighted by molar-refractivity contribution is -0.223. The Morgan fingerprint density at radius 3 is 1.38 bits per heavy atom. The molecule has 5 heteroatoms. The molecule has 1 saturated heterocycles. The van der Waals surface area contributed by atoms with E-state index >= 15 is 0 Å². The van der Waals surface area contributed by atoms with E-state index in [1.165, 1.54) is 0 Å². The van der Waals surface area contributed by atoms with Crippen molar-refractivity contribution in [2.24, 2.45) is 0 Å². The van der Waals surface area contributed by atoms with Crippen LogP contribution in [0.2, 0.25) is 0 Å². The molecule has 0 saturated carbocycles. The third kappa shape index (κ3) is 7.90. The molecule has 0 aromatic heterocycles. The van der Waals surface area contributed by atoms with E-state index in [1.807, 2.05) is 121 Å². The smallest absolute Gasteiger partial charge is 0.150 e. The van der Waals surface area contributed by atoms with Crippen LogP contribution in [0.25, 0.3) is 0 Å². The van der Waals surface area contributed by atoms with Crippen LogP contribution in [0.15, 0.2) is 134 Å². The molecular weight excluding hydrogens is 500 g/mol. The Hall–Kier alpha value is -3.74. The summed E-state index contributed by atoms with van der Waals surface area (Å²) in [5.74, 6) is 0.516. The topological polar surface area (TPSA) is 46.2 Å². The molecule has 0 N–H and O–H groups in total. The van der Waals surface area contributed by atoms with Gasteiger partial charge in [0.25, 0.3) is 0 Å². The van der Waals surface area contributed by atoms with E-state index in [0.29, 0.717) is 38.8 Å². The Morgan fingerprint density at radius 1 is 0.500 bits per heavy atom. The molecule has 0 radical (unpaired) electrons. The van der Waals surface area contributed by atoms with E-state index in [9.17, 15) is 0 Å². The second kappa shape index (κ2) is 14.6. The zero-order valence-corrected chi connectivity index (χ0v) is 22.6. The van der Waals surface area contributed by atoms with Gasteiger partial charge in [0.1, 0.15) is 24.1 Å². The van der Waals surface area contributed by atoms with E-state index in [-0.39, 0.29) is 0 Å². The third-order valence-electron chi connectivity index (χ3n) is 6.85. The van der Waals surface area contributed by atoms with Gasteiger partial charge in [0.15, 0.2) is 6.10 Å². The first-order valence-electron chi connectivity index (χ1n) is 13.7. The van der Waals surface area contributed by atoms with Crippen molar-refractivity contribution in [1.82, 2.24) is 0 Å². The second-order valence-corrected chi connectivity index (χ2v) is 9.86. The van der Waals surface area contributed by atoms with Gasteiger partial charge in [0, 0.05) is 0 Å². The Morgan fingerprint density at radius 2 is 0.900 bits per heavy atom. The summed E-state index contributed by atoms with van der Waals surface area (Å²) >= 11 is 0. The molecule has 4 atom stereocenters. The summed E-state index contributed by atoms with van der Waals surface area (Å²) in [5.41, 5.74) is 4.30. The third-order valence-corrected chi connectivity index (χ3v) is 6.85. The van der Waals surface area contributed by atoms with E-state index < -0.39 is 24.4 Å². The summed E-state index contributed by atoms with van der Waals surface area (Å²) in [6.45, 7) is 6.26. The minimum absolute atomic E-state index is 0.323. The fraction of sp³-hybridized carbons (Fsp3) is 0.257. The van der Waals surface area contributed by atoms with Gasteiger partial charge in [0.05, 0.1) is 33.0 Å². The predicted molar refractivity (Wildman–Crippen MR) is 155 cm³/mol. The zero-order chi connectivity index (χ0) is 27.4. The van der Waals surface area contributed by atoms with Gasteiger partial charge < -0.3 is 23.7 Å². The molecule has 0 aliphatic carbocycles. The lowest BCUT2D eigenvalue weighted by Gasteiger charge is -2.43. The SMILES string of the molecule is C=C1O[C@H](COCc2ccccc2)[C@@H](OCc2ccccc2)[C@H](OCc2ccccc2)[C@@H]1OCc1ccccc1. The highest BCUT2D eigenvalue weighted by Crippen LogP contribution is 2.32. The lowest BCUT2D eigenvalue weighted by atomic mass is 9.97. The van der Waals surface area contributed by atoms with Crippen molar-refractivity contribution in [2.45, 2.75) is 50.8 Å². The Labute approximate surface area is 236 Å². The van der Waals surface area contributed by atoms with Gasteiger partial charge in [-0.1, -0.05) is 128 Å². The minimum Gasteiger partial charge on any atom is -0.487 e. The van der Waals surface area contributed by atoms with Crippen molar-refractivity contribution in [3.8, 4) is 0 Å². The van der Waals surface area contributed by atoms with Crippen LogP contribution in [-0.4, -0.2) is 31.0 Å². The number of rotatable bonds is 13. The average Bonchev–Trinajstić information content (AvgIpc) is 3.01. The lowest BCUT2D eigenvalue weighted by Crippen LogP contribution is -2.56. The molecule has 5 rings (SSSR count). The number of hydrogen-bond donors (Lipinski definition) is 0. The molecule has 0 bridgehead atoms. The van der Waals surface area contributed by atoms with Crippen LogP contribution in [0.1, 0.15) is 22.3 Å². The summed E-state index contributed by atoms with van der Waals surface area (Å²) in [6, 6.07) is 40.4. The maximum Gasteiger partial charge on any atom is 0.150 e. The predicted octanol–water partition coefficient (Wildman–Crippen LogP) is 6.87. The normalized spacial score (nSPS) is 20.6. The quantitative estimate of drug-likeness (QED) is 0.187. The second-order valence-electron chi connectivity index (χ2n) is 9.86. The molecular formula is C35H36O5. The molecule has 0 unspecified atom stereocenters. The molecule has 206 valence electrons. The van der Waals surface area contributed by atoms with Gasteiger partial charge in [-0.25, -0.2) is 0 Å². The van der Waals surface area contributed by atoms with Crippen LogP contribution in [0, 0.1) is 0 Å². The molecule has 5 nitrogen and oxygen atoms in total. The van der Waals surface area contributed by atoms with Gasteiger partial charge in [-0.15, -0.1) is 0 Å². The van der Waals surface area contributed by atoms with Crippen molar-refractivity contribution >= 4 is 0 Å².